The lowest BCUT2D eigenvalue weighted by Gasteiger charge is -2.32. The Morgan fingerprint density at radius 1 is 1.33 bits per heavy atom. The predicted molar refractivity (Wildman–Crippen MR) is 57.3 cm³/mol. The molecule has 0 radical (unpaired) electrons. The van der Waals surface area contributed by atoms with Crippen LogP contribution in [0.25, 0.3) is 0 Å². The second-order valence-electron chi connectivity index (χ2n) is 3.93. The Kier molecular flexibility index (Phi) is 3.02. The molecule has 3 heteroatoms. The van der Waals surface area contributed by atoms with Crippen molar-refractivity contribution in [2.75, 3.05) is 13.1 Å². The van der Waals surface area contributed by atoms with E-state index < -0.39 is 6.10 Å². The van der Waals surface area contributed by atoms with Gasteiger partial charge >= 0.3 is 0 Å². The van der Waals surface area contributed by atoms with E-state index in [1.807, 2.05) is 30.3 Å². The van der Waals surface area contributed by atoms with Crippen molar-refractivity contribution in [1.82, 2.24) is 4.90 Å². The summed E-state index contributed by atoms with van der Waals surface area (Å²) in [5, 5.41) is 9.76. The summed E-state index contributed by atoms with van der Waals surface area (Å²) in [6.45, 7) is 1.26. The lowest BCUT2D eigenvalue weighted by molar-refractivity contribution is -0.141. The fraction of sp³-hybridized carbons (Fsp3) is 0.417. The number of carbonyl (C=O) groups excluding carboxylic acids is 1. The lowest BCUT2D eigenvalue weighted by Crippen LogP contribution is -2.47. The minimum atomic E-state index is -0.448. The average Bonchev–Trinajstić information content (AvgIpc) is 2.25. The summed E-state index contributed by atoms with van der Waals surface area (Å²) in [5.41, 5.74) is 1.11. The van der Waals surface area contributed by atoms with Gasteiger partial charge < -0.3 is 10.0 Å². The minimum Gasteiger partial charge on any atom is -0.391 e. The second kappa shape index (κ2) is 4.45. The van der Waals surface area contributed by atoms with Crippen LogP contribution in [0.5, 0.6) is 0 Å². The zero-order valence-electron chi connectivity index (χ0n) is 8.60. The topological polar surface area (TPSA) is 40.5 Å². The van der Waals surface area contributed by atoms with E-state index in [1.165, 1.54) is 0 Å². The van der Waals surface area contributed by atoms with Crippen molar-refractivity contribution in [2.24, 2.45) is 0 Å². The molecule has 80 valence electrons. The summed E-state index contributed by atoms with van der Waals surface area (Å²) < 4.78 is 0. The molecule has 0 saturated carbocycles. The van der Waals surface area contributed by atoms with Crippen molar-refractivity contribution in [3.8, 4) is 0 Å². The van der Waals surface area contributed by atoms with Gasteiger partial charge in [0.15, 0.2) is 0 Å². The Hall–Kier alpha value is -1.35. The van der Waals surface area contributed by atoms with Crippen molar-refractivity contribution in [3.63, 3.8) is 0 Å². The van der Waals surface area contributed by atoms with Crippen LogP contribution in [0, 0.1) is 0 Å². The van der Waals surface area contributed by atoms with Crippen LogP contribution in [0.3, 0.4) is 0 Å². The Morgan fingerprint density at radius 3 is 2.60 bits per heavy atom. The third-order valence-corrected chi connectivity index (χ3v) is 2.69. The highest BCUT2D eigenvalue weighted by Gasteiger charge is 2.25. The molecule has 1 heterocycles. The summed E-state index contributed by atoms with van der Waals surface area (Å²) in [5.74, 6) is 0.155. The molecule has 0 unspecified atom stereocenters. The summed E-state index contributed by atoms with van der Waals surface area (Å²) in [6.07, 6.45) is 0.805. The van der Waals surface area contributed by atoms with E-state index in [0.717, 1.165) is 12.1 Å². The zero-order valence-corrected chi connectivity index (χ0v) is 8.60. The van der Waals surface area contributed by atoms with E-state index in [9.17, 15) is 9.90 Å². The molecule has 0 bridgehead atoms. The molecule has 3 nitrogen and oxygen atoms in total. The van der Waals surface area contributed by atoms with Crippen LogP contribution >= 0.6 is 0 Å². The largest absolute Gasteiger partial charge is 0.391 e. The molecule has 1 atom stereocenters. The molecule has 1 aliphatic heterocycles. The highest BCUT2D eigenvalue weighted by molar-refractivity contribution is 5.81. The molecule has 2 rings (SSSR count). The number of hydrogen-bond acceptors (Lipinski definition) is 2. The van der Waals surface area contributed by atoms with Gasteiger partial charge in [-0.05, 0) is 5.56 Å². The quantitative estimate of drug-likeness (QED) is 0.739. The molecule has 1 N–H and O–H groups in total. The average molecular weight is 205 g/mol. The predicted octanol–water partition coefficient (Wildman–Crippen LogP) is 0.822. The van der Waals surface area contributed by atoms with Crippen LogP contribution in [0.1, 0.15) is 12.0 Å². The monoisotopic (exact) mass is 205 g/mol. The fourth-order valence-corrected chi connectivity index (χ4v) is 1.76. The molecule has 1 amide bonds. The van der Waals surface area contributed by atoms with E-state index in [4.69, 9.17) is 0 Å². The Morgan fingerprint density at radius 2 is 2.07 bits per heavy atom. The number of hydrogen-bond donors (Lipinski definition) is 1. The summed E-state index contributed by atoms with van der Waals surface area (Å²) in [7, 11) is 0. The first-order valence-corrected chi connectivity index (χ1v) is 5.25. The third kappa shape index (κ3) is 2.57. The zero-order chi connectivity index (χ0) is 10.7. The third-order valence-electron chi connectivity index (χ3n) is 2.69. The van der Waals surface area contributed by atoms with Crippen LogP contribution in [0.4, 0.5) is 0 Å². The smallest absolute Gasteiger partial charge is 0.224 e. The van der Waals surface area contributed by atoms with Gasteiger partial charge in [0.25, 0.3) is 0 Å². The molecule has 1 saturated heterocycles. The van der Waals surface area contributed by atoms with Gasteiger partial charge in [-0.2, -0.15) is 0 Å². The van der Waals surface area contributed by atoms with Gasteiger partial charge in [-0.25, -0.2) is 0 Å². The Bertz CT molecular complexity index is 337. The number of carbonyl (C=O) groups is 1. The fourth-order valence-electron chi connectivity index (χ4n) is 1.76. The maximum atomic E-state index is 11.0. The number of β-amino-alcohol motifs (C(OH)–C–C–N with tert-alkyl or cyclic N) is 1. The van der Waals surface area contributed by atoms with Crippen LogP contribution in [-0.4, -0.2) is 35.1 Å². The number of benzene rings is 1. The number of rotatable bonds is 4. The van der Waals surface area contributed by atoms with Gasteiger partial charge in [-0.15, -0.1) is 0 Å². The maximum Gasteiger partial charge on any atom is 0.224 e. The first-order chi connectivity index (χ1) is 7.25. The minimum absolute atomic E-state index is 0.155. The van der Waals surface area contributed by atoms with Crippen molar-refractivity contribution < 1.29 is 9.90 Å². The molecular weight excluding hydrogens is 190 g/mol. The molecule has 0 aliphatic carbocycles. The molecule has 1 fully saturated rings. The number of aliphatic hydroxyl groups is 1. The van der Waals surface area contributed by atoms with Gasteiger partial charge in [0.05, 0.1) is 6.10 Å². The van der Waals surface area contributed by atoms with E-state index in [-0.39, 0.29) is 5.91 Å². The maximum absolute atomic E-state index is 11.0. The summed E-state index contributed by atoms with van der Waals surface area (Å²) in [6, 6.07) is 9.84. The van der Waals surface area contributed by atoms with E-state index >= 15 is 0 Å². The lowest BCUT2D eigenvalue weighted by atomic mass is 10.1. The van der Waals surface area contributed by atoms with E-state index in [0.29, 0.717) is 19.4 Å². The van der Waals surface area contributed by atoms with Crippen LogP contribution in [0.2, 0.25) is 0 Å². The number of aliphatic hydroxyl groups excluding tert-OH is 1. The van der Waals surface area contributed by atoms with Gasteiger partial charge in [-0.3, -0.25) is 4.79 Å². The molecule has 1 aromatic carbocycles. The first-order valence-electron chi connectivity index (χ1n) is 5.25. The standard InChI is InChI=1S/C12H15NO2/c14-11(9-13-7-6-12(13)15)8-10-4-2-1-3-5-10/h1-5,11,14H,6-9H2/t11-/m0/s1. The normalized spacial score (nSPS) is 17.4. The van der Waals surface area contributed by atoms with Crippen LogP contribution in [-0.2, 0) is 11.2 Å². The molecule has 1 aromatic rings. The number of likely N-dealkylation sites (tertiary alicyclic amines) is 1. The second-order valence-corrected chi connectivity index (χ2v) is 3.93. The van der Waals surface area contributed by atoms with Crippen molar-refractivity contribution in [2.45, 2.75) is 18.9 Å². The number of β-lactam (4-membered cyclic amide) rings is 1. The van der Waals surface area contributed by atoms with Crippen LogP contribution < -0.4 is 0 Å². The van der Waals surface area contributed by atoms with Gasteiger partial charge in [0.1, 0.15) is 0 Å². The number of nitrogens with zero attached hydrogens (tertiary/aromatic N) is 1. The van der Waals surface area contributed by atoms with E-state index in [2.05, 4.69) is 0 Å². The molecule has 0 spiro atoms. The molecule has 1 aliphatic rings. The Balaban J connectivity index is 1.82. The van der Waals surface area contributed by atoms with Gasteiger partial charge in [0, 0.05) is 25.9 Å². The van der Waals surface area contributed by atoms with Crippen LogP contribution in [0.15, 0.2) is 30.3 Å². The number of amides is 1. The van der Waals surface area contributed by atoms with Crippen molar-refractivity contribution >= 4 is 5.91 Å². The SMILES string of the molecule is O=C1CCN1C[C@@H](O)Cc1ccccc1. The Labute approximate surface area is 89.3 Å². The van der Waals surface area contributed by atoms with Gasteiger partial charge in [-0.1, -0.05) is 30.3 Å². The van der Waals surface area contributed by atoms with Gasteiger partial charge in [0.2, 0.25) is 5.91 Å². The first kappa shape index (κ1) is 10.2. The summed E-state index contributed by atoms with van der Waals surface area (Å²) >= 11 is 0. The molecular formula is C12H15NO2. The van der Waals surface area contributed by atoms with E-state index in [1.54, 1.807) is 4.90 Å². The summed E-state index contributed by atoms with van der Waals surface area (Å²) in [4.78, 5) is 12.7. The molecule has 0 aromatic heterocycles. The highest BCUT2D eigenvalue weighted by atomic mass is 16.3. The van der Waals surface area contributed by atoms with Crippen molar-refractivity contribution in [3.05, 3.63) is 35.9 Å². The van der Waals surface area contributed by atoms with Crippen molar-refractivity contribution in [1.29, 1.82) is 0 Å². The molecule has 15 heavy (non-hydrogen) atoms. The highest BCUT2D eigenvalue weighted by Crippen LogP contribution is 2.11.